The number of rotatable bonds is 2. The van der Waals surface area contributed by atoms with Crippen molar-refractivity contribution in [3.8, 4) is 0 Å². The van der Waals surface area contributed by atoms with Gasteiger partial charge >= 0.3 is 12.3 Å². The Kier molecular flexibility index (Phi) is 2.52. The first-order valence-corrected chi connectivity index (χ1v) is 3.79. The number of hydrogen-bond donors (Lipinski definition) is 0. The second-order valence-electron chi connectivity index (χ2n) is 1.78. The van der Waals surface area contributed by atoms with E-state index in [1.54, 1.807) is 0 Å². The third kappa shape index (κ3) is 1.66. The Morgan fingerprint density at radius 3 is 2.25 bits per heavy atom. The molecule has 0 aliphatic carbocycles. The molecular formula is C4HClF4N2S. The fourth-order valence-electron chi connectivity index (χ4n) is 0.433. The smallest absolute Gasteiger partial charge is 0.203 e. The first-order valence-electron chi connectivity index (χ1n) is 2.60. The Morgan fingerprint density at radius 1 is 1.33 bits per heavy atom. The van der Waals surface area contributed by atoms with Crippen LogP contribution in [-0.2, 0) is 5.92 Å². The maximum absolute atomic E-state index is 12.4. The van der Waals surface area contributed by atoms with Crippen molar-refractivity contribution in [2.75, 3.05) is 0 Å². The molecular weight excluding hydrogens is 220 g/mol. The standard InChI is InChI=1S/C4HClF4N2S/c5-3-11-10-2(12-3)4(8,9)1(6)7/h1H. The highest BCUT2D eigenvalue weighted by molar-refractivity contribution is 7.15. The van der Waals surface area contributed by atoms with E-state index in [1.807, 2.05) is 0 Å². The highest BCUT2D eigenvalue weighted by Gasteiger charge is 2.46. The third-order valence-corrected chi connectivity index (χ3v) is 2.06. The lowest BCUT2D eigenvalue weighted by molar-refractivity contribution is -0.135. The molecule has 0 saturated carbocycles. The molecule has 1 aromatic rings. The van der Waals surface area contributed by atoms with E-state index in [4.69, 9.17) is 11.6 Å². The molecule has 0 radical (unpaired) electrons. The predicted molar refractivity (Wildman–Crippen MR) is 34.8 cm³/mol. The molecule has 0 unspecified atom stereocenters. The highest BCUT2D eigenvalue weighted by atomic mass is 35.5. The summed E-state index contributed by atoms with van der Waals surface area (Å²) in [6.45, 7) is 0. The van der Waals surface area contributed by atoms with Crippen LogP contribution in [0.1, 0.15) is 5.01 Å². The van der Waals surface area contributed by atoms with Crippen LogP contribution >= 0.6 is 22.9 Å². The minimum Gasteiger partial charge on any atom is -0.203 e. The summed E-state index contributed by atoms with van der Waals surface area (Å²) in [5, 5.41) is 4.73. The number of alkyl halides is 4. The van der Waals surface area contributed by atoms with Gasteiger partial charge in [-0.05, 0) is 11.6 Å². The van der Waals surface area contributed by atoms with Crippen LogP contribution in [0.2, 0.25) is 4.47 Å². The van der Waals surface area contributed by atoms with Gasteiger partial charge in [-0.1, -0.05) is 11.3 Å². The van der Waals surface area contributed by atoms with Crippen LogP contribution in [0.5, 0.6) is 0 Å². The summed E-state index contributed by atoms with van der Waals surface area (Å²) in [4.78, 5) is 0. The second-order valence-corrected chi connectivity index (χ2v) is 3.34. The lowest BCUT2D eigenvalue weighted by Crippen LogP contribution is -2.23. The molecule has 0 N–H and O–H groups in total. The number of halogens is 5. The van der Waals surface area contributed by atoms with Crippen LogP contribution in [0, 0.1) is 0 Å². The Morgan fingerprint density at radius 2 is 1.92 bits per heavy atom. The molecule has 0 amide bonds. The Labute approximate surface area is 73.2 Å². The Hall–Kier alpha value is -0.430. The summed E-state index contributed by atoms with van der Waals surface area (Å²) in [7, 11) is 0. The summed E-state index contributed by atoms with van der Waals surface area (Å²) >= 11 is 5.37. The van der Waals surface area contributed by atoms with Crippen molar-refractivity contribution >= 4 is 22.9 Å². The SMILES string of the molecule is FC(F)C(F)(F)c1nnc(Cl)s1. The predicted octanol–water partition coefficient (Wildman–Crippen LogP) is 2.55. The summed E-state index contributed by atoms with van der Waals surface area (Å²) in [6, 6.07) is 0. The third-order valence-electron chi connectivity index (χ3n) is 0.960. The minimum absolute atomic E-state index is 0.236. The maximum Gasteiger partial charge on any atom is 0.360 e. The van der Waals surface area contributed by atoms with Crippen LogP contribution in [0.4, 0.5) is 17.6 Å². The van der Waals surface area contributed by atoms with Crippen molar-refractivity contribution in [2.24, 2.45) is 0 Å². The zero-order valence-corrected chi connectivity index (χ0v) is 6.84. The topological polar surface area (TPSA) is 25.8 Å². The van der Waals surface area contributed by atoms with Gasteiger partial charge in [0.05, 0.1) is 0 Å². The van der Waals surface area contributed by atoms with E-state index < -0.39 is 17.4 Å². The second kappa shape index (κ2) is 3.14. The molecule has 2 nitrogen and oxygen atoms in total. The lowest BCUT2D eigenvalue weighted by atomic mass is 10.4. The maximum atomic E-state index is 12.4. The van der Waals surface area contributed by atoms with E-state index in [2.05, 4.69) is 10.2 Å². The minimum atomic E-state index is -4.26. The number of nitrogens with zero attached hydrogens (tertiary/aromatic N) is 2. The first-order chi connectivity index (χ1) is 5.44. The summed E-state index contributed by atoms with van der Waals surface area (Å²) in [6.07, 6.45) is -3.79. The quantitative estimate of drug-likeness (QED) is 0.716. The van der Waals surface area contributed by atoms with E-state index in [1.165, 1.54) is 0 Å². The monoisotopic (exact) mass is 220 g/mol. The molecule has 12 heavy (non-hydrogen) atoms. The van der Waals surface area contributed by atoms with Crippen molar-refractivity contribution in [3.05, 3.63) is 9.47 Å². The molecule has 1 aromatic heterocycles. The Balaban J connectivity index is 2.97. The molecule has 0 aromatic carbocycles. The van der Waals surface area contributed by atoms with Crippen molar-refractivity contribution < 1.29 is 17.6 Å². The molecule has 0 bridgehead atoms. The molecule has 0 spiro atoms. The average Bonchev–Trinajstić information content (AvgIpc) is 2.35. The van der Waals surface area contributed by atoms with Gasteiger partial charge in [0.25, 0.3) is 0 Å². The zero-order valence-electron chi connectivity index (χ0n) is 5.27. The van der Waals surface area contributed by atoms with Gasteiger partial charge in [-0.15, -0.1) is 10.2 Å². The van der Waals surface area contributed by atoms with E-state index in [0.717, 1.165) is 0 Å². The van der Waals surface area contributed by atoms with Crippen molar-refractivity contribution in [2.45, 2.75) is 12.3 Å². The molecule has 8 heteroatoms. The molecule has 0 aliphatic heterocycles. The molecule has 0 atom stereocenters. The molecule has 0 saturated heterocycles. The van der Waals surface area contributed by atoms with Gasteiger partial charge in [0.2, 0.25) is 4.47 Å². The molecule has 1 heterocycles. The zero-order chi connectivity index (χ0) is 9.35. The summed E-state index contributed by atoms with van der Waals surface area (Å²) in [5.41, 5.74) is 0. The van der Waals surface area contributed by atoms with Crippen LogP contribution < -0.4 is 0 Å². The van der Waals surface area contributed by atoms with Crippen molar-refractivity contribution in [1.29, 1.82) is 0 Å². The van der Waals surface area contributed by atoms with Gasteiger partial charge in [-0.2, -0.15) is 8.78 Å². The average molecular weight is 221 g/mol. The van der Waals surface area contributed by atoms with E-state index in [9.17, 15) is 17.6 Å². The van der Waals surface area contributed by atoms with Gasteiger partial charge in [-0.25, -0.2) is 8.78 Å². The molecule has 1 rings (SSSR count). The molecule has 0 fully saturated rings. The molecule has 68 valence electrons. The van der Waals surface area contributed by atoms with E-state index in [0.29, 0.717) is 0 Å². The van der Waals surface area contributed by atoms with Gasteiger partial charge in [-0.3, -0.25) is 0 Å². The van der Waals surface area contributed by atoms with Gasteiger partial charge in [0.1, 0.15) is 0 Å². The summed E-state index contributed by atoms with van der Waals surface area (Å²) in [5.74, 6) is -4.26. The highest BCUT2D eigenvalue weighted by Crippen LogP contribution is 2.36. The van der Waals surface area contributed by atoms with Crippen LogP contribution in [0.25, 0.3) is 0 Å². The summed E-state index contributed by atoms with van der Waals surface area (Å²) < 4.78 is 47.8. The van der Waals surface area contributed by atoms with E-state index >= 15 is 0 Å². The van der Waals surface area contributed by atoms with Gasteiger partial charge < -0.3 is 0 Å². The van der Waals surface area contributed by atoms with Crippen molar-refractivity contribution in [1.82, 2.24) is 10.2 Å². The first kappa shape index (κ1) is 9.66. The van der Waals surface area contributed by atoms with Crippen molar-refractivity contribution in [3.63, 3.8) is 0 Å². The van der Waals surface area contributed by atoms with Crippen LogP contribution in [0.15, 0.2) is 0 Å². The largest absolute Gasteiger partial charge is 0.360 e. The van der Waals surface area contributed by atoms with Gasteiger partial charge in [0, 0.05) is 0 Å². The number of hydrogen-bond acceptors (Lipinski definition) is 3. The van der Waals surface area contributed by atoms with Crippen LogP contribution in [-0.4, -0.2) is 16.6 Å². The fourth-order valence-corrected chi connectivity index (χ4v) is 1.24. The lowest BCUT2D eigenvalue weighted by Gasteiger charge is -2.09. The molecule has 0 aliphatic rings. The van der Waals surface area contributed by atoms with E-state index in [-0.39, 0.29) is 15.8 Å². The fraction of sp³-hybridized carbons (Fsp3) is 0.500. The Bertz CT molecular complexity index is 276. The van der Waals surface area contributed by atoms with Gasteiger partial charge in [0.15, 0.2) is 5.01 Å². The number of aromatic nitrogens is 2. The van der Waals surface area contributed by atoms with Crippen LogP contribution in [0.3, 0.4) is 0 Å². The normalized spacial score (nSPS) is 12.5.